The zero-order chi connectivity index (χ0) is 22.9. The molecule has 1 unspecified atom stereocenters. The zero-order valence-electron chi connectivity index (χ0n) is 17.7. The van der Waals surface area contributed by atoms with Crippen molar-refractivity contribution in [3.63, 3.8) is 0 Å². The number of aliphatic hydroxyl groups is 1. The molecule has 0 spiro atoms. The lowest BCUT2D eigenvalue weighted by Gasteiger charge is -2.14. The maximum absolute atomic E-state index is 12.7. The van der Waals surface area contributed by atoms with E-state index in [0.717, 1.165) is 29.0 Å². The van der Waals surface area contributed by atoms with Gasteiger partial charge in [-0.15, -0.1) is 0 Å². The standard InChI is InChI=1S/C23H28F3NO4/c1-16-9-10-17(2)21(12-16)30-11-4-3-8-22(29)27-14-19(28)15-31-20-7-5-6-18(13-20)23(24,25)26/h5-7,9-10,12-13,19,28H,3-4,8,11,14-15H2,1-2H3,(H,27,29). The van der Waals surface area contributed by atoms with Gasteiger partial charge >= 0.3 is 6.18 Å². The van der Waals surface area contributed by atoms with E-state index in [4.69, 9.17) is 9.47 Å². The molecule has 0 aromatic heterocycles. The molecule has 2 rings (SSSR count). The van der Waals surface area contributed by atoms with Gasteiger partial charge in [0.15, 0.2) is 0 Å². The largest absolute Gasteiger partial charge is 0.493 e. The fourth-order valence-electron chi connectivity index (χ4n) is 2.77. The van der Waals surface area contributed by atoms with Crippen LogP contribution in [0.1, 0.15) is 36.0 Å². The monoisotopic (exact) mass is 439 g/mol. The lowest BCUT2D eigenvalue weighted by atomic mass is 10.1. The molecule has 0 saturated carbocycles. The Morgan fingerprint density at radius 3 is 2.61 bits per heavy atom. The number of benzene rings is 2. The molecule has 31 heavy (non-hydrogen) atoms. The van der Waals surface area contributed by atoms with Crippen LogP contribution in [0.15, 0.2) is 42.5 Å². The van der Waals surface area contributed by atoms with Gasteiger partial charge in [0.1, 0.15) is 24.2 Å². The van der Waals surface area contributed by atoms with E-state index in [9.17, 15) is 23.1 Å². The summed E-state index contributed by atoms with van der Waals surface area (Å²) in [5.41, 5.74) is 1.36. The van der Waals surface area contributed by atoms with E-state index in [0.29, 0.717) is 19.4 Å². The molecule has 0 aliphatic heterocycles. The molecule has 0 radical (unpaired) electrons. The maximum Gasteiger partial charge on any atom is 0.416 e. The molecule has 0 aliphatic carbocycles. The normalized spacial score (nSPS) is 12.3. The Hall–Kier alpha value is -2.74. The van der Waals surface area contributed by atoms with E-state index in [-0.39, 0.29) is 31.2 Å². The number of hydrogen-bond donors (Lipinski definition) is 2. The molecule has 5 nitrogen and oxygen atoms in total. The topological polar surface area (TPSA) is 67.8 Å². The summed E-state index contributed by atoms with van der Waals surface area (Å²) in [5.74, 6) is 0.627. The Morgan fingerprint density at radius 1 is 1.10 bits per heavy atom. The number of unbranched alkanes of at least 4 members (excludes halogenated alkanes) is 1. The summed E-state index contributed by atoms with van der Waals surface area (Å²) in [6.07, 6.45) is -3.87. The quantitative estimate of drug-likeness (QED) is 0.509. The summed E-state index contributed by atoms with van der Waals surface area (Å²) in [6.45, 7) is 4.20. The van der Waals surface area contributed by atoms with Crippen LogP contribution in [0.25, 0.3) is 0 Å². The van der Waals surface area contributed by atoms with Gasteiger partial charge in [-0.3, -0.25) is 4.79 Å². The van der Waals surface area contributed by atoms with E-state index in [1.54, 1.807) is 0 Å². The molecule has 170 valence electrons. The number of aryl methyl sites for hydroxylation is 2. The van der Waals surface area contributed by atoms with Gasteiger partial charge in [0.2, 0.25) is 5.91 Å². The highest BCUT2D eigenvalue weighted by molar-refractivity contribution is 5.75. The third-order valence-electron chi connectivity index (χ3n) is 4.54. The molecule has 0 heterocycles. The maximum atomic E-state index is 12.7. The number of aliphatic hydroxyl groups excluding tert-OH is 1. The Labute approximate surface area is 180 Å². The SMILES string of the molecule is Cc1ccc(C)c(OCCCCC(=O)NCC(O)COc2cccc(C(F)(F)F)c2)c1. The van der Waals surface area contributed by atoms with Crippen molar-refractivity contribution in [1.29, 1.82) is 0 Å². The van der Waals surface area contributed by atoms with Gasteiger partial charge in [0.25, 0.3) is 0 Å². The summed E-state index contributed by atoms with van der Waals surface area (Å²) >= 11 is 0. The molecule has 2 N–H and O–H groups in total. The zero-order valence-corrected chi connectivity index (χ0v) is 17.7. The van der Waals surface area contributed by atoms with Crippen LogP contribution < -0.4 is 14.8 Å². The number of carbonyl (C=O) groups is 1. The fraction of sp³-hybridized carbons (Fsp3) is 0.435. The number of carbonyl (C=O) groups excluding carboxylic acids is 1. The van der Waals surface area contributed by atoms with Crippen molar-refractivity contribution in [2.24, 2.45) is 0 Å². The lowest BCUT2D eigenvalue weighted by Crippen LogP contribution is -2.35. The van der Waals surface area contributed by atoms with Crippen molar-refractivity contribution >= 4 is 5.91 Å². The first kappa shape index (κ1) is 24.5. The molecule has 2 aromatic rings. The van der Waals surface area contributed by atoms with E-state index in [2.05, 4.69) is 5.32 Å². The van der Waals surface area contributed by atoms with Gasteiger partial charge in [-0.05, 0) is 62.1 Å². The van der Waals surface area contributed by atoms with Gasteiger partial charge in [0, 0.05) is 13.0 Å². The molecule has 1 atom stereocenters. The van der Waals surface area contributed by atoms with Gasteiger partial charge in [-0.1, -0.05) is 18.2 Å². The smallest absolute Gasteiger partial charge is 0.416 e. The molecular weight excluding hydrogens is 411 g/mol. The second kappa shape index (κ2) is 11.6. The first-order valence-electron chi connectivity index (χ1n) is 10.1. The van der Waals surface area contributed by atoms with Crippen molar-refractivity contribution in [2.75, 3.05) is 19.8 Å². The van der Waals surface area contributed by atoms with E-state index >= 15 is 0 Å². The summed E-state index contributed by atoms with van der Waals surface area (Å²) in [7, 11) is 0. The number of hydrogen-bond acceptors (Lipinski definition) is 4. The van der Waals surface area contributed by atoms with Crippen LogP contribution in [0.4, 0.5) is 13.2 Å². The van der Waals surface area contributed by atoms with Crippen LogP contribution in [0, 0.1) is 13.8 Å². The number of nitrogens with one attached hydrogen (secondary N) is 1. The molecule has 8 heteroatoms. The van der Waals surface area contributed by atoms with Crippen LogP contribution in [-0.2, 0) is 11.0 Å². The van der Waals surface area contributed by atoms with Gasteiger partial charge in [-0.2, -0.15) is 13.2 Å². The number of ether oxygens (including phenoxy) is 2. The van der Waals surface area contributed by atoms with Gasteiger partial charge in [0.05, 0.1) is 12.2 Å². The van der Waals surface area contributed by atoms with Gasteiger partial charge < -0.3 is 19.9 Å². The predicted molar refractivity (Wildman–Crippen MR) is 111 cm³/mol. The summed E-state index contributed by atoms with van der Waals surface area (Å²) in [5, 5.41) is 12.5. The number of rotatable bonds is 11. The minimum Gasteiger partial charge on any atom is -0.493 e. The van der Waals surface area contributed by atoms with Crippen molar-refractivity contribution in [1.82, 2.24) is 5.32 Å². The fourth-order valence-corrected chi connectivity index (χ4v) is 2.77. The second-order valence-electron chi connectivity index (χ2n) is 7.37. The van der Waals surface area contributed by atoms with Crippen LogP contribution in [0.5, 0.6) is 11.5 Å². The lowest BCUT2D eigenvalue weighted by molar-refractivity contribution is -0.137. The average molecular weight is 439 g/mol. The summed E-state index contributed by atoms with van der Waals surface area (Å²) in [6, 6.07) is 10.4. The molecule has 2 aromatic carbocycles. The minimum atomic E-state index is -4.46. The average Bonchev–Trinajstić information content (AvgIpc) is 2.72. The van der Waals surface area contributed by atoms with E-state index in [1.807, 2.05) is 32.0 Å². The van der Waals surface area contributed by atoms with E-state index in [1.165, 1.54) is 12.1 Å². The Morgan fingerprint density at radius 2 is 1.87 bits per heavy atom. The molecule has 0 aliphatic rings. The number of halogens is 3. The van der Waals surface area contributed by atoms with Crippen LogP contribution in [0.2, 0.25) is 0 Å². The van der Waals surface area contributed by atoms with Crippen LogP contribution in [0.3, 0.4) is 0 Å². The molecule has 1 amide bonds. The van der Waals surface area contributed by atoms with Crippen LogP contribution in [-0.4, -0.2) is 36.9 Å². The molecule has 0 bridgehead atoms. The second-order valence-corrected chi connectivity index (χ2v) is 7.37. The number of alkyl halides is 3. The Balaban J connectivity index is 1.60. The number of amides is 1. The van der Waals surface area contributed by atoms with Crippen molar-refractivity contribution in [2.45, 2.75) is 45.4 Å². The highest BCUT2D eigenvalue weighted by atomic mass is 19.4. The predicted octanol–water partition coefficient (Wildman–Crippen LogP) is 4.43. The molecular formula is C23H28F3NO4. The van der Waals surface area contributed by atoms with E-state index < -0.39 is 17.8 Å². The molecule has 0 saturated heterocycles. The van der Waals surface area contributed by atoms with Crippen LogP contribution >= 0.6 is 0 Å². The van der Waals surface area contributed by atoms with Crippen molar-refractivity contribution < 1.29 is 32.5 Å². The highest BCUT2D eigenvalue weighted by Gasteiger charge is 2.30. The highest BCUT2D eigenvalue weighted by Crippen LogP contribution is 2.31. The third kappa shape index (κ3) is 8.88. The Bertz CT molecular complexity index is 855. The van der Waals surface area contributed by atoms with Crippen molar-refractivity contribution in [3.8, 4) is 11.5 Å². The van der Waals surface area contributed by atoms with Gasteiger partial charge in [-0.25, -0.2) is 0 Å². The first-order valence-corrected chi connectivity index (χ1v) is 10.1. The molecule has 0 fully saturated rings. The third-order valence-corrected chi connectivity index (χ3v) is 4.54. The Kier molecular flexibility index (Phi) is 9.18. The first-order chi connectivity index (χ1) is 14.6. The van der Waals surface area contributed by atoms with Crippen molar-refractivity contribution in [3.05, 3.63) is 59.2 Å². The summed E-state index contributed by atoms with van der Waals surface area (Å²) < 4.78 is 49.0. The summed E-state index contributed by atoms with van der Waals surface area (Å²) in [4.78, 5) is 11.9. The minimum absolute atomic E-state index is 0.00375.